The first-order valence-corrected chi connectivity index (χ1v) is 10.3. The van der Waals surface area contributed by atoms with Gasteiger partial charge in [-0.25, -0.2) is 0 Å². The first kappa shape index (κ1) is 17.6. The molecule has 1 aromatic heterocycles. The van der Waals surface area contributed by atoms with Crippen LogP contribution in [0.25, 0.3) is 10.9 Å². The fourth-order valence-corrected chi connectivity index (χ4v) is 5.65. The number of aryl methyl sites for hydroxylation is 1. The van der Waals surface area contributed by atoms with Crippen molar-refractivity contribution in [1.29, 1.82) is 0 Å². The van der Waals surface area contributed by atoms with E-state index in [-0.39, 0.29) is 5.41 Å². The Morgan fingerprint density at radius 2 is 2.18 bits per heavy atom. The summed E-state index contributed by atoms with van der Waals surface area (Å²) < 4.78 is 0. The Morgan fingerprint density at radius 3 is 3.00 bits per heavy atom. The third-order valence-corrected chi connectivity index (χ3v) is 7.04. The second kappa shape index (κ2) is 6.52. The van der Waals surface area contributed by atoms with E-state index in [9.17, 15) is 5.11 Å². The van der Waals surface area contributed by atoms with Gasteiger partial charge in [-0.1, -0.05) is 30.3 Å². The maximum atomic E-state index is 10.2. The van der Waals surface area contributed by atoms with Crippen LogP contribution in [0.3, 0.4) is 0 Å². The Bertz CT molecular complexity index is 1050. The molecule has 1 fully saturated rings. The van der Waals surface area contributed by atoms with Gasteiger partial charge in [-0.15, -0.1) is 6.58 Å². The summed E-state index contributed by atoms with van der Waals surface area (Å²) in [6.07, 6.45) is 5.24. The molecule has 1 unspecified atom stereocenters. The number of nitrogens with one attached hydrogen (secondary N) is 1. The molecule has 3 aromatic rings. The van der Waals surface area contributed by atoms with Crippen molar-refractivity contribution in [2.75, 3.05) is 19.6 Å². The number of piperidine rings is 1. The van der Waals surface area contributed by atoms with Crippen LogP contribution in [0.2, 0.25) is 0 Å². The third kappa shape index (κ3) is 2.68. The lowest BCUT2D eigenvalue weighted by atomic mass is 9.58. The Labute approximate surface area is 166 Å². The summed E-state index contributed by atoms with van der Waals surface area (Å²) in [4.78, 5) is 6.27. The second-order valence-corrected chi connectivity index (χ2v) is 8.71. The topological polar surface area (TPSA) is 39.3 Å². The van der Waals surface area contributed by atoms with E-state index in [1.807, 2.05) is 18.2 Å². The molecular formula is C25H28N2O. The molecule has 3 nitrogen and oxygen atoms in total. The minimum atomic E-state index is 0.0827. The Morgan fingerprint density at radius 1 is 1.29 bits per heavy atom. The smallest absolute Gasteiger partial charge is 0.115 e. The first-order chi connectivity index (χ1) is 13.6. The number of H-pyrrole nitrogens is 1. The third-order valence-electron chi connectivity index (χ3n) is 7.04. The Hall–Kier alpha value is -2.52. The van der Waals surface area contributed by atoms with E-state index in [4.69, 9.17) is 0 Å². The zero-order chi connectivity index (χ0) is 19.3. The predicted molar refractivity (Wildman–Crippen MR) is 115 cm³/mol. The number of benzene rings is 2. The van der Waals surface area contributed by atoms with Crippen molar-refractivity contribution in [3.8, 4) is 5.75 Å². The summed E-state index contributed by atoms with van der Waals surface area (Å²) in [5.41, 5.74) is 6.81. The number of rotatable bonds is 3. The van der Waals surface area contributed by atoms with Crippen molar-refractivity contribution in [1.82, 2.24) is 9.88 Å². The van der Waals surface area contributed by atoms with Gasteiger partial charge in [0.2, 0.25) is 0 Å². The molecule has 5 rings (SSSR count). The van der Waals surface area contributed by atoms with Crippen molar-refractivity contribution in [2.24, 2.45) is 5.92 Å². The molecule has 2 N–H and O–H groups in total. The lowest BCUT2D eigenvalue weighted by Crippen LogP contribution is -2.53. The predicted octanol–water partition coefficient (Wildman–Crippen LogP) is 4.73. The van der Waals surface area contributed by atoms with Gasteiger partial charge in [-0.3, -0.25) is 4.90 Å². The Kier molecular flexibility index (Phi) is 4.09. The van der Waals surface area contributed by atoms with Crippen LogP contribution in [-0.2, 0) is 18.3 Å². The number of aromatic hydroxyl groups is 1. The minimum absolute atomic E-state index is 0.0827. The summed E-state index contributed by atoms with van der Waals surface area (Å²) in [6.45, 7) is 9.21. The summed E-state index contributed by atoms with van der Waals surface area (Å²) in [5, 5.41) is 11.6. The standard InChI is InChI=1S/C25H28N2O/c1-3-10-27-11-9-25(18-5-4-6-20(28)13-18)15-24-22(14-19(25)16-27)21-8-7-17(2)12-23(21)26-24/h3-8,12-13,19,26,28H,1,9-11,14-16H2,2H3/t19?,25-/m1/s1. The van der Waals surface area contributed by atoms with Gasteiger partial charge in [0.05, 0.1) is 0 Å². The second-order valence-electron chi connectivity index (χ2n) is 8.71. The first-order valence-electron chi connectivity index (χ1n) is 10.3. The molecule has 0 saturated carbocycles. The van der Waals surface area contributed by atoms with Crippen molar-refractivity contribution < 1.29 is 5.11 Å². The van der Waals surface area contributed by atoms with Gasteiger partial charge < -0.3 is 10.1 Å². The number of nitrogens with zero attached hydrogens (tertiary/aromatic N) is 1. The van der Waals surface area contributed by atoms with Crippen LogP contribution >= 0.6 is 0 Å². The van der Waals surface area contributed by atoms with E-state index in [1.165, 1.54) is 33.3 Å². The highest BCUT2D eigenvalue weighted by molar-refractivity contribution is 5.85. The molecule has 1 aliphatic heterocycles. The zero-order valence-corrected chi connectivity index (χ0v) is 16.5. The molecule has 144 valence electrons. The number of hydrogen-bond acceptors (Lipinski definition) is 2. The van der Waals surface area contributed by atoms with Crippen molar-refractivity contribution in [3.05, 3.63) is 77.5 Å². The highest BCUT2D eigenvalue weighted by Gasteiger charge is 2.47. The molecule has 2 aliphatic rings. The number of fused-ring (bicyclic) bond motifs is 4. The maximum absolute atomic E-state index is 10.2. The van der Waals surface area contributed by atoms with Gasteiger partial charge in [0.15, 0.2) is 0 Å². The van der Waals surface area contributed by atoms with E-state index in [1.54, 1.807) is 6.07 Å². The van der Waals surface area contributed by atoms with Crippen LogP contribution in [0, 0.1) is 12.8 Å². The molecule has 1 aliphatic carbocycles. The molecule has 2 atom stereocenters. The molecule has 0 spiro atoms. The van der Waals surface area contributed by atoms with Crippen LogP contribution in [0.4, 0.5) is 0 Å². The van der Waals surface area contributed by atoms with Gasteiger partial charge in [-0.2, -0.15) is 0 Å². The van der Waals surface area contributed by atoms with Crippen LogP contribution in [0.15, 0.2) is 55.1 Å². The number of phenolic OH excluding ortho intramolecular Hbond substituents is 1. The van der Waals surface area contributed by atoms with E-state index < -0.39 is 0 Å². The van der Waals surface area contributed by atoms with E-state index >= 15 is 0 Å². The number of hydrogen-bond donors (Lipinski definition) is 2. The fourth-order valence-electron chi connectivity index (χ4n) is 5.65. The molecule has 0 radical (unpaired) electrons. The lowest BCUT2D eigenvalue weighted by molar-refractivity contribution is 0.0896. The summed E-state index contributed by atoms with van der Waals surface area (Å²) >= 11 is 0. The van der Waals surface area contributed by atoms with E-state index in [0.29, 0.717) is 11.7 Å². The zero-order valence-electron chi connectivity index (χ0n) is 16.5. The number of aromatic nitrogens is 1. The SMILES string of the molecule is C=CCN1CC[C@]2(c3cccc(O)c3)Cc3[nH]c4cc(C)ccc4c3CC2C1. The fraction of sp³-hybridized carbons (Fsp3) is 0.360. The average molecular weight is 373 g/mol. The molecule has 28 heavy (non-hydrogen) atoms. The van der Waals surface area contributed by atoms with Crippen molar-refractivity contribution in [3.63, 3.8) is 0 Å². The summed E-state index contributed by atoms with van der Waals surface area (Å²) in [5.74, 6) is 0.910. The number of aromatic amines is 1. The quantitative estimate of drug-likeness (QED) is 0.653. The molecule has 3 heteroatoms. The minimum Gasteiger partial charge on any atom is -0.508 e. The van der Waals surface area contributed by atoms with E-state index in [2.05, 4.69) is 47.7 Å². The molecule has 1 saturated heterocycles. The van der Waals surface area contributed by atoms with E-state index in [0.717, 1.165) is 38.9 Å². The molecular weight excluding hydrogens is 344 g/mol. The van der Waals surface area contributed by atoms with Crippen LogP contribution < -0.4 is 0 Å². The van der Waals surface area contributed by atoms with Gasteiger partial charge in [0.25, 0.3) is 0 Å². The molecule has 2 heterocycles. The lowest BCUT2D eigenvalue weighted by Gasteiger charge is -2.51. The van der Waals surface area contributed by atoms with Crippen LogP contribution in [0.1, 0.15) is 28.8 Å². The van der Waals surface area contributed by atoms with Crippen LogP contribution in [-0.4, -0.2) is 34.6 Å². The van der Waals surface area contributed by atoms with Gasteiger partial charge >= 0.3 is 0 Å². The largest absolute Gasteiger partial charge is 0.508 e. The van der Waals surface area contributed by atoms with Gasteiger partial charge in [-0.05, 0) is 73.5 Å². The molecule has 0 amide bonds. The molecule has 2 aromatic carbocycles. The summed E-state index contributed by atoms with van der Waals surface area (Å²) in [6, 6.07) is 14.8. The maximum Gasteiger partial charge on any atom is 0.115 e. The Balaban J connectivity index is 1.64. The van der Waals surface area contributed by atoms with Crippen LogP contribution in [0.5, 0.6) is 5.75 Å². The number of phenols is 1. The highest BCUT2D eigenvalue weighted by Crippen LogP contribution is 2.49. The van der Waals surface area contributed by atoms with Gasteiger partial charge in [0, 0.05) is 35.1 Å². The normalized spacial score (nSPS) is 24.7. The summed E-state index contributed by atoms with van der Waals surface area (Å²) in [7, 11) is 0. The average Bonchev–Trinajstić information content (AvgIpc) is 3.02. The van der Waals surface area contributed by atoms with Crippen molar-refractivity contribution >= 4 is 10.9 Å². The highest BCUT2D eigenvalue weighted by atomic mass is 16.3. The number of likely N-dealkylation sites (tertiary alicyclic amines) is 1. The monoisotopic (exact) mass is 372 g/mol. The molecule has 0 bridgehead atoms. The van der Waals surface area contributed by atoms with Gasteiger partial charge in [0.1, 0.15) is 5.75 Å². The van der Waals surface area contributed by atoms with Crippen molar-refractivity contribution in [2.45, 2.75) is 31.6 Å².